The van der Waals surface area contributed by atoms with Crippen LogP contribution in [0.15, 0.2) is 12.1 Å². The van der Waals surface area contributed by atoms with E-state index < -0.39 is 6.17 Å². The molecule has 3 aromatic rings. The highest BCUT2D eigenvalue weighted by molar-refractivity contribution is 6.32. The van der Waals surface area contributed by atoms with Crippen LogP contribution in [0.5, 0.6) is 11.8 Å². The van der Waals surface area contributed by atoms with Gasteiger partial charge in [0, 0.05) is 48.7 Å². The van der Waals surface area contributed by atoms with Crippen molar-refractivity contribution in [3.8, 4) is 29.0 Å². The summed E-state index contributed by atoms with van der Waals surface area (Å²) in [5, 5.41) is 23.6. The number of nitrogens with zero attached hydrogens (tertiary/aromatic N) is 8. The lowest BCUT2D eigenvalue weighted by Crippen LogP contribution is -2.51. The fourth-order valence-electron chi connectivity index (χ4n) is 7.91. The van der Waals surface area contributed by atoms with E-state index >= 15 is 0 Å². The quantitative estimate of drug-likeness (QED) is 0.409. The zero-order valence-electron chi connectivity index (χ0n) is 24.5. The molecular weight excluding hydrogens is 573 g/mol. The molecule has 5 fully saturated rings. The maximum atomic E-state index is 14.4. The van der Waals surface area contributed by atoms with Gasteiger partial charge in [0.1, 0.15) is 24.2 Å². The molecule has 2 aromatic heterocycles. The van der Waals surface area contributed by atoms with Gasteiger partial charge >= 0.3 is 6.01 Å². The number of hydrogen-bond acceptors (Lipinski definition) is 10. The van der Waals surface area contributed by atoms with Crippen LogP contribution in [0, 0.1) is 12.8 Å². The normalized spacial score (nSPS) is 31.5. The van der Waals surface area contributed by atoms with Gasteiger partial charge in [-0.15, -0.1) is 5.10 Å². The Balaban J connectivity index is 1.16. The Hall–Kier alpha value is -3.09. The zero-order chi connectivity index (χ0) is 29.5. The molecule has 0 unspecified atom stereocenters. The Morgan fingerprint density at radius 1 is 1.14 bits per heavy atom. The Bertz CT molecular complexity index is 1560. The number of halogens is 2. The van der Waals surface area contributed by atoms with E-state index in [2.05, 4.69) is 32.4 Å². The number of phenolic OH excluding ortho intramolecular Hbond substituents is 1. The van der Waals surface area contributed by atoms with E-state index in [4.69, 9.17) is 31.3 Å². The van der Waals surface area contributed by atoms with Gasteiger partial charge in [0.15, 0.2) is 0 Å². The largest absolute Gasteiger partial charge is 0.508 e. The first-order valence-corrected chi connectivity index (χ1v) is 15.9. The number of anilines is 1. The van der Waals surface area contributed by atoms with Crippen LogP contribution >= 0.6 is 11.6 Å². The second-order valence-corrected chi connectivity index (χ2v) is 13.7. The molecule has 6 atom stereocenters. The number of aromatic hydroxyl groups is 1. The summed E-state index contributed by atoms with van der Waals surface area (Å²) >= 11 is 6.65. The first-order chi connectivity index (χ1) is 20.8. The molecule has 5 aliphatic rings. The standard InChI is InChI=1S/C30H37ClFN9O2/c1-16-8-22(16)25-23(9-21(42)10-24(25)31)26-17(2)41(38-37-26)28-34-27(39-13-19-4-5-20(14-39)33-19)35-29(36-28)43-15-30-6-3-7-40(30)12-18(32)11-30/h9-10,16,18-20,22,33,42H,3-8,11-15H2,1-2H3/t16-,18-,19-,20+,22-,30+/m1/s1. The van der Waals surface area contributed by atoms with E-state index in [0.29, 0.717) is 66.1 Å². The fraction of sp³-hybridized carbons (Fsp3) is 0.633. The van der Waals surface area contributed by atoms with Gasteiger partial charge in [-0.05, 0) is 75.1 Å². The van der Waals surface area contributed by atoms with Gasteiger partial charge < -0.3 is 20.1 Å². The van der Waals surface area contributed by atoms with Crippen LogP contribution in [-0.2, 0) is 0 Å². The van der Waals surface area contributed by atoms with Gasteiger partial charge in [-0.2, -0.15) is 19.6 Å². The number of phenols is 1. The third kappa shape index (κ3) is 4.82. The van der Waals surface area contributed by atoms with Gasteiger partial charge in [-0.25, -0.2) is 4.39 Å². The van der Waals surface area contributed by atoms with E-state index in [-0.39, 0.29) is 17.3 Å². The van der Waals surface area contributed by atoms with E-state index in [0.717, 1.165) is 68.6 Å². The second kappa shape index (κ2) is 10.2. The van der Waals surface area contributed by atoms with Crippen LogP contribution in [-0.4, -0.2) is 96.5 Å². The molecule has 0 radical (unpaired) electrons. The Kier molecular flexibility index (Phi) is 6.54. The third-order valence-corrected chi connectivity index (χ3v) is 10.6. The molecule has 1 aliphatic carbocycles. The molecular formula is C30H37ClFN9O2. The predicted molar refractivity (Wildman–Crippen MR) is 159 cm³/mol. The number of hydrogen-bond donors (Lipinski definition) is 2. The van der Waals surface area contributed by atoms with E-state index in [1.54, 1.807) is 16.8 Å². The zero-order valence-corrected chi connectivity index (χ0v) is 25.3. The molecule has 228 valence electrons. The minimum atomic E-state index is -0.838. The SMILES string of the molecule is Cc1c(-c2cc(O)cc(Cl)c2[C@@H]2C[C@H]2C)nnn1-c1nc(OC[C@@]23CCCN2C[C@H](F)C3)nc(N2C[C@H]3CC[C@@H](C2)N3)n1. The molecule has 4 saturated heterocycles. The van der Waals surface area contributed by atoms with Crippen LogP contribution in [0.1, 0.15) is 62.6 Å². The van der Waals surface area contributed by atoms with Crippen LogP contribution < -0.4 is 15.0 Å². The number of rotatable bonds is 7. The molecule has 0 amide bonds. The molecule has 2 N–H and O–H groups in total. The van der Waals surface area contributed by atoms with Crippen LogP contribution in [0.4, 0.5) is 10.3 Å². The minimum Gasteiger partial charge on any atom is -0.508 e. The average molecular weight is 610 g/mol. The molecule has 6 heterocycles. The molecule has 0 spiro atoms. The summed E-state index contributed by atoms with van der Waals surface area (Å²) in [4.78, 5) is 18.8. The summed E-state index contributed by atoms with van der Waals surface area (Å²) in [5.74, 6) is 1.76. The summed E-state index contributed by atoms with van der Waals surface area (Å²) in [5.41, 5.74) is 2.78. The number of nitrogens with one attached hydrogen (secondary N) is 1. The highest BCUT2D eigenvalue weighted by Gasteiger charge is 2.49. The number of alkyl halides is 1. The summed E-state index contributed by atoms with van der Waals surface area (Å²) in [7, 11) is 0. The fourth-order valence-corrected chi connectivity index (χ4v) is 8.27. The summed E-state index contributed by atoms with van der Waals surface area (Å²) in [6.45, 7) is 7.39. The first-order valence-electron chi connectivity index (χ1n) is 15.5. The highest BCUT2D eigenvalue weighted by atomic mass is 35.5. The van der Waals surface area contributed by atoms with Crippen molar-refractivity contribution < 1.29 is 14.2 Å². The van der Waals surface area contributed by atoms with Crippen molar-refractivity contribution in [2.24, 2.45) is 5.92 Å². The summed E-state index contributed by atoms with van der Waals surface area (Å²) in [6, 6.07) is 4.30. The van der Waals surface area contributed by atoms with Crippen molar-refractivity contribution in [1.29, 1.82) is 0 Å². The van der Waals surface area contributed by atoms with Crippen LogP contribution in [0.3, 0.4) is 0 Å². The second-order valence-electron chi connectivity index (χ2n) is 13.3. The third-order valence-electron chi connectivity index (χ3n) is 10.3. The molecule has 43 heavy (non-hydrogen) atoms. The molecule has 13 heteroatoms. The lowest BCUT2D eigenvalue weighted by atomic mass is 9.95. The van der Waals surface area contributed by atoms with Gasteiger partial charge in [0.05, 0.1) is 11.2 Å². The van der Waals surface area contributed by atoms with Crippen LogP contribution in [0.2, 0.25) is 5.02 Å². The number of benzene rings is 1. The number of aromatic nitrogens is 6. The molecule has 11 nitrogen and oxygen atoms in total. The minimum absolute atomic E-state index is 0.0836. The average Bonchev–Trinajstić information content (AvgIpc) is 3.28. The first kappa shape index (κ1) is 27.5. The summed E-state index contributed by atoms with van der Waals surface area (Å²) < 4.78 is 22.4. The molecule has 2 bridgehead atoms. The van der Waals surface area contributed by atoms with Gasteiger partial charge in [0.25, 0.3) is 5.95 Å². The Morgan fingerprint density at radius 2 is 1.91 bits per heavy atom. The van der Waals surface area contributed by atoms with E-state index in [1.807, 2.05) is 6.92 Å². The maximum absolute atomic E-state index is 14.4. The number of piperazine rings is 1. The highest BCUT2D eigenvalue weighted by Crippen LogP contribution is 2.53. The monoisotopic (exact) mass is 609 g/mol. The van der Waals surface area contributed by atoms with Gasteiger partial charge in [-0.1, -0.05) is 23.7 Å². The Labute approximate surface area is 254 Å². The van der Waals surface area contributed by atoms with Crippen molar-refractivity contribution in [2.45, 2.75) is 82.1 Å². The lowest BCUT2D eigenvalue weighted by Gasteiger charge is -2.33. The topological polar surface area (TPSA) is 117 Å². The maximum Gasteiger partial charge on any atom is 0.323 e. The number of fused-ring (bicyclic) bond motifs is 3. The van der Waals surface area contributed by atoms with Crippen molar-refractivity contribution in [1.82, 2.24) is 40.2 Å². The number of ether oxygens (including phenoxy) is 1. The van der Waals surface area contributed by atoms with E-state index in [9.17, 15) is 9.50 Å². The lowest BCUT2D eigenvalue weighted by molar-refractivity contribution is 0.107. The Morgan fingerprint density at radius 3 is 2.67 bits per heavy atom. The predicted octanol–water partition coefficient (Wildman–Crippen LogP) is 3.81. The summed E-state index contributed by atoms with van der Waals surface area (Å²) in [6.07, 6.45) is 4.87. The smallest absolute Gasteiger partial charge is 0.323 e. The van der Waals surface area contributed by atoms with Gasteiger partial charge in [-0.3, -0.25) is 4.90 Å². The van der Waals surface area contributed by atoms with Crippen molar-refractivity contribution in [3.63, 3.8) is 0 Å². The van der Waals surface area contributed by atoms with Crippen molar-refractivity contribution >= 4 is 17.5 Å². The van der Waals surface area contributed by atoms with Crippen molar-refractivity contribution in [2.75, 3.05) is 37.7 Å². The molecule has 8 rings (SSSR count). The molecule has 1 saturated carbocycles. The molecule has 4 aliphatic heterocycles. The van der Waals surface area contributed by atoms with Crippen molar-refractivity contribution in [3.05, 3.63) is 28.4 Å². The molecule has 1 aromatic carbocycles. The van der Waals surface area contributed by atoms with Crippen LogP contribution in [0.25, 0.3) is 17.2 Å². The van der Waals surface area contributed by atoms with E-state index in [1.165, 1.54) is 0 Å². The van der Waals surface area contributed by atoms with Gasteiger partial charge in [0.2, 0.25) is 5.95 Å².